The predicted octanol–water partition coefficient (Wildman–Crippen LogP) is 5.24. The van der Waals surface area contributed by atoms with Crippen molar-refractivity contribution in [2.24, 2.45) is 0 Å². The number of hydrogen-bond acceptors (Lipinski definition) is 2. The van der Waals surface area contributed by atoms with Gasteiger partial charge in [0, 0.05) is 12.8 Å². The molecule has 0 bridgehead atoms. The molecule has 0 aliphatic rings. The highest BCUT2D eigenvalue weighted by atomic mass is 127. The van der Waals surface area contributed by atoms with Crippen molar-refractivity contribution < 1.29 is 4.79 Å². The fourth-order valence-corrected chi connectivity index (χ4v) is 3.43. The van der Waals surface area contributed by atoms with Crippen molar-refractivity contribution in [3.63, 3.8) is 0 Å². The molecule has 0 aliphatic carbocycles. The summed E-state index contributed by atoms with van der Waals surface area (Å²) >= 11 is 15.7. The van der Waals surface area contributed by atoms with Gasteiger partial charge in [0.2, 0.25) is 0 Å². The number of aryl methyl sites for hydroxylation is 1. The van der Waals surface area contributed by atoms with Crippen molar-refractivity contribution in [2.45, 2.75) is 13.3 Å². The van der Waals surface area contributed by atoms with E-state index in [2.05, 4.69) is 68.8 Å². The molecule has 2 rings (SSSR count). The number of benzene rings is 2. The zero-order valence-electron chi connectivity index (χ0n) is 12.1. The van der Waals surface area contributed by atoms with Gasteiger partial charge in [-0.2, -0.15) is 0 Å². The number of carbonyl (C=O) groups is 1. The molecule has 0 saturated carbocycles. The monoisotopic (exact) mass is 570 g/mol. The minimum absolute atomic E-state index is 0.251. The molecule has 120 valence electrons. The van der Waals surface area contributed by atoms with Crippen molar-refractivity contribution in [2.75, 3.05) is 5.32 Å². The lowest BCUT2D eigenvalue weighted by Crippen LogP contribution is -2.34. The van der Waals surface area contributed by atoms with Gasteiger partial charge in [-0.25, -0.2) is 0 Å². The van der Waals surface area contributed by atoms with Gasteiger partial charge in [0.05, 0.1) is 10.6 Å². The molecule has 0 atom stereocenters. The smallest absolute Gasteiger partial charge is 0.258 e. The maximum Gasteiger partial charge on any atom is 0.258 e. The van der Waals surface area contributed by atoms with E-state index in [0.717, 1.165) is 24.8 Å². The zero-order valence-corrected chi connectivity index (χ0v) is 18.0. The van der Waals surface area contributed by atoms with Crippen LogP contribution in [0.15, 0.2) is 36.4 Å². The van der Waals surface area contributed by atoms with Crippen molar-refractivity contribution in [3.05, 3.63) is 59.7 Å². The standard InChI is InChI=1S/C16H13ClI2N2OS/c1-2-9-7-10(18)4-6-14(9)20-16(23)21-15(22)12-8-11(19)3-5-13(12)17/h3-8H,2H2,1H3,(H2,20,21,22,23). The molecule has 0 fully saturated rings. The van der Waals surface area contributed by atoms with Crippen LogP contribution >= 0.6 is 69.0 Å². The molecule has 0 aliphatic heterocycles. The number of hydrogen-bond donors (Lipinski definition) is 2. The summed E-state index contributed by atoms with van der Waals surface area (Å²) in [5.74, 6) is -0.324. The molecule has 0 heterocycles. The minimum Gasteiger partial charge on any atom is -0.332 e. The molecule has 2 N–H and O–H groups in total. The minimum atomic E-state index is -0.324. The molecule has 23 heavy (non-hydrogen) atoms. The van der Waals surface area contributed by atoms with Crippen LogP contribution < -0.4 is 10.6 Å². The van der Waals surface area contributed by atoms with E-state index < -0.39 is 0 Å². The Morgan fingerprint density at radius 2 is 1.83 bits per heavy atom. The third-order valence-electron chi connectivity index (χ3n) is 3.10. The summed E-state index contributed by atoms with van der Waals surface area (Å²) in [5.41, 5.74) is 2.44. The van der Waals surface area contributed by atoms with Crippen molar-refractivity contribution in [3.8, 4) is 0 Å². The second-order valence-electron chi connectivity index (χ2n) is 4.69. The molecule has 0 saturated heterocycles. The Kier molecular flexibility index (Phi) is 7.05. The number of amides is 1. The lowest BCUT2D eigenvalue weighted by atomic mass is 10.1. The van der Waals surface area contributed by atoms with E-state index >= 15 is 0 Å². The van der Waals surface area contributed by atoms with E-state index in [9.17, 15) is 4.79 Å². The third-order valence-corrected chi connectivity index (χ3v) is 4.97. The molecule has 0 spiro atoms. The number of halogens is 3. The van der Waals surface area contributed by atoms with Gasteiger partial charge in [0.15, 0.2) is 5.11 Å². The molecule has 1 amide bonds. The maximum atomic E-state index is 12.3. The number of rotatable bonds is 3. The van der Waals surface area contributed by atoms with Gasteiger partial charge in [0.1, 0.15) is 0 Å². The quantitative estimate of drug-likeness (QED) is 0.392. The third kappa shape index (κ3) is 5.27. The molecule has 2 aromatic rings. The van der Waals surface area contributed by atoms with Crippen molar-refractivity contribution in [1.82, 2.24) is 5.32 Å². The van der Waals surface area contributed by atoms with E-state index in [4.69, 9.17) is 23.8 Å². The highest BCUT2D eigenvalue weighted by Crippen LogP contribution is 2.20. The van der Waals surface area contributed by atoms with Crippen LogP contribution in [0.5, 0.6) is 0 Å². The normalized spacial score (nSPS) is 10.3. The lowest BCUT2D eigenvalue weighted by Gasteiger charge is -2.13. The van der Waals surface area contributed by atoms with Crippen LogP contribution in [-0.4, -0.2) is 11.0 Å². The van der Waals surface area contributed by atoms with E-state index in [1.807, 2.05) is 18.2 Å². The Morgan fingerprint density at radius 3 is 2.52 bits per heavy atom. The summed E-state index contributed by atoms with van der Waals surface area (Å²) in [6, 6.07) is 11.3. The van der Waals surface area contributed by atoms with Gasteiger partial charge in [-0.05, 0) is 106 Å². The largest absolute Gasteiger partial charge is 0.332 e. The van der Waals surface area contributed by atoms with Crippen molar-refractivity contribution >= 4 is 85.7 Å². The molecule has 2 aromatic carbocycles. The van der Waals surface area contributed by atoms with E-state index in [0.29, 0.717) is 10.6 Å². The number of nitrogens with one attached hydrogen (secondary N) is 2. The first-order valence-electron chi connectivity index (χ1n) is 6.76. The Bertz CT molecular complexity index is 768. The fraction of sp³-hybridized carbons (Fsp3) is 0.125. The van der Waals surface area contributed by atoms with Crippen LogP contribution in [0.2, 0.25) is 5.02 Å². The van der Waals surface area contributed by atoms with Gasteiger partial charge < -0.3 is 5.32 Å². The second kappa shape index (κ2) is 8.59. The summed E-state index contributed by atoms with van der Waals surface area (Å²) in [5, 5.41) is 6.39. The van der Waals surface area contributed by atoms with Crippen LogP contribution in [0.3, 0.4) is 0 Å². The van der Waals surface area contributed by atoms with Crippen LogP contribution in [0, 0.1) is 7.14 Å². The summed E-state index contributed by atoms with van der Waals surface area (Å²) in [7, 11) is 0. The lowest BCUT2D eigenvalue weighted by molar-refractivity contribution is 0.0978. The van der Waals surface area contributed by atoms with Crippen LogP contribution in [0.1, 0.15) is 22.8 Å². The number of thiocarbonyl (C=S) groups is 1. The topological polar surface area (TPSA) is 41.1 Å². The Morgan fingerprint density at radius 1 is 1.17 bits per heavy atom. The molecule has 0 aromatic heterocycles. The number of carbonyl (C=O) groups excluding carboxylic acids is 1. The average Bonchev–Trinajstić information content (AvgIpc) is 2.51. The summed E-state index contributed by atoms with van der Waals surface area (Å²) in [6.45, 7) is 2.07. The number of anilines is 1. The van der Waals surface area contributed by atoms with Crippen LogP contribution in [-0.2, 0) is 6.42 Å². The molecule has 0 radical (unpaired) electrons. The fourth-order valence-electron chi connectivity index (χ4n) is 1.97. The van der Waals surface area contributed by atoms with Crippen LogP contribution in [0.25, 0.3) is 0 Å². The highest BCUT2D eigenvalue weighted by Gasteiger charge is 2.13. The molecule has 0 unspecified atom stereocenters. The van der Waals surface area contributed by atoms with Gasteiger partial charge in [-0.1, -0.05) is 18.5 Å². The Labute approximate surface area is 172 Å². The van der Waals surface area contributed by atoms with E-state index in [1.165, 1.54) is 0 Å². The molecule has 3 nitrogen and oxygen atoms in total. The van der Waals surface area contributed by atoms with Crippen molar-refractivity contribution in [1.29, 1.82) is 0 Å². The van der Waals surface area contributed by atoms with Gasteiger partial charge in [0.25, 0.3) is 5.91 Å². The summed E-state index contributed by atoms with van der Waals surface area (Å²) in [4.78, 5) is 12.3. The van der Waals surface area contributed by atoms with Gasteiger partial charge in [-0.3, -0.25) is 10.1 Å². The zero-order chi connectivity index (χ0) is 17.0. The molecular weight excluding hydrogens is 558 g/mol. The SMILES string of the molecule is CCc1cc(I)ccc1NC(=S)NC(=O)c1cc(I)ccc1Cl. The maximum absolute atomic E-state index is 12.3. The summed E-state index contributed by atoms with van der Waals surface area (Å²) in [6.07, 6.45) is 0.873. The first-order chi connectivity index (χ1) is 10.9. The van der Waals surface area contributed by atoms with E-state index in [-0.39, 0.29) is 11.0 Å². The second-order valence-corrected chi connectivity index (χ2v) is 7.99. The average molecular weight is 571 g/mol. The first-order valence-corrected chi connectivity index (χ1v) is 9.71. The van der Waals surface area contributed by atoms with E-state index in [1.54, 1.807) is 12.1 Å². The summed E-state index contributed by atoms with van der Waals surface area (Å²) < 4.78 is 2.09. The Hall–Kier alpha value is -0.450. The van der Waals surface area contributed by atoms with Crippen LogP contribution in [0.4, 0.5) is 5.69 Å². The Balaban J connectivity index is 2.10. The highest BCUT2D eigenvalue weighted by molar-refractivity contribution is 14.1. The van der Waals surface area contributed by atoms with Gasteiger partial charge in [-0.15, -0.1) is 0 Å². The van der Waals surface area contributed by atoms with Gasteiger partial charge >= 0.3 is 0 Å². The molecule has 7 heteroatoms. The predicted molar refractivity (Wildman–Crippen MR) is 116 cm³/mol. The molecular formula is C16H13ClI2N2OS. The first kappa shape index (κ1) is 18.9.